The summed E-state index contributed by atoms with van der Waals surface area (Å²) in [5, 5.41) is 7.80. The minimum atomic E-state index is -0.133. The van der Waals surface area contributed by atoms with Crippen molar-refractivity contribution in [3.8, 4) is 17.1 Å². The van der Waals surface area contributed by atoms with Crippen LogP contribution in [0.2, 0.25) is 0 Å². The van der Waals surface area contributed by atoms with Crippen LogP contribution in [0.1, 0.15) is 35.4 Å². The maximum atomic E-state index is 13.1. The minimum absolute atomic E-state index is 0. The molecule has 148 valence electrons. The monoisotopic (exact) mass is 400 g/mol. The summed E-state index contributed by atoms with van der Waals surface area (Å²) in [6.45, 7) is 2.47. The van der Waals surface area contributed by atoms with E-state index in [1.165, 1.54) is 0 Å². The second kappa shape index (κ2) is 8.63. The molecule has 4 rings (SSSR count). The van der Waals surface area contributed by atoms with Crippen LogP contribution in [0.15, 0.2) is 53.1 Å². The number of nitrogens with one attached hydrogen (secondary N) is 1. The van der Waals surface area contributed by atoms with E-state index in [1.807, 2.05) is 49.4 Å². The molecule has 0 spiro atoms. The van der Waals surface area contributed by atoms with Gasteiger partial charge in [0.25, 0.3) is 5.91 Å². The number of para-hydroxylation sites is 1. The normalized spacial score (nSPS) is 18.6. The summed E-state index contributed by atoms with van der Waals surface area (Å²) < 4.78 is 7.47. The van der Waals surface area contributed by atoms with E-state index in [4.69, 9.17) is 10.2 Å². The van der Waals surface area contributed by atoms with Crippen LogP contribution in [-0.4, -0.2) is 28.3 Å². The smallest absolute Gasteiger partial charge is 0.255 e. The van der Waals surface area contributed by atoms with Crippen LogP contribution in [0.3, 0.4) is 0 Å². The second-order valence-corrected chi connectivity index (χ2v) is 7.09. The lowest BCUT2D eigenvalue weighted by atomic mass is 10.0. The number of nitrogens with two attached hydrogens (primary N) is 1. The first kappa shape index (κ1) is 20.2. The van der Waals surface area contributed by atoms with Crippen LogP contribution in [0.5, 0.6) is 0 Å². The molecule has 0 bridgehead atoms. The molecule has 1 amide bonds. The summed E-state index contributed by atoms with van der Waals surface area (Å²) in [5.74, 6) is 1.58. The summed E-state index contributed by atoms with van der Waals surface area (Å²) in [6, 6.07) is 13.6. The third-order valence-corrected chi connectivity index (χ3v) is 5.23. The van der Waals surface area contributed by atoms with Crippen LogP contribution in [0.4, 0.5) is 0 Å². The van der Waals surface area contributed by atoms with Crippen LogP contribution >= 0.6 is 12.4 Å². The average Bonchev–Trinajstić information content (AvgIpc) is 3.41. The van der Waals surface area contributed by atoms with Gasteiger partial charge in [-0.15, -0.1) is 12.4 Å². The third-order valence-electron chi connectivity index (χ3n) is 5.23. The zero-order chi connectivity index (χ0) is 18.8. The summed E-state index contributed by atoms with van der Waals surface area (Å²) in [4.78, 5) is 13.1. The van der Waals surface area contributed by atoms with Crippen molar-refractivity contribution in [1.29, 1.82) is 0 Å². The Morgan fingerprint density at radius 3 is 2.71 bits per heavy atom. The molecule has 1 aromatic carbocycles. The number of carbonyl (C=O) groups excluding carboxylic acids is 1. The molecule has 1 aliphatic rings. The van der Waals surface area contributed by atoms with Gasteiger partial charge in [0.2, 0.25) is 0 Å². The lowest BCUT2D eigenvalue weighted by Gasteiger charge is -2.19. The van der Waals surface area contributed by atoms with Gasteiger partial charge in [-0.2, -0.15) is 5.10 Å². The Morgan fingerprint density at radius 1 is 1.25 bits per heavy atom. The van der Waals surface area contributed by atoms with Crippen molar-refractivity contribution in [3.63, 3.8) is 0 Å². The number of aryl methyl sites for hydroxylation is 1. The number of nitrogens with zero attached hydrogens (tertiary/aromatic N) is 2. The zero-order valence-corrected chi connectivity index (χ0v) is 16.6. The maximum absolute atomic E-state index is 13.1. The highest BCUT2D eigenvalue weighted by Gasteiger charge is 2.29. The lowest BCUT2D eigenvalue weighted by molar-refractivity contribution is 0.0929. The maximum Gasteiger partial charge on any atom is 0.255 e. The second-order valence-electron chi connectivity index (χ2n) is 7.09. The lowest BCUT2D eigenvalue weighted by Crippen LogP contribution is -2.39. The zero-order valence-electron chi connectivity index (χ0n) is 15.8. The molecule has 7 heteroatoms. The van der Waals surface area contributed by atoms with Gasteiger partial charge in [0, 0.05) is 12.2 Å². The van der Waals surface area contributed by atoms with Crippen molar-refractivity contribution in [2.45, 2.75) is 32.2 Å². The molecule has 2 atom stereocenters. The summed E-state index contributed by atoms with van der Waals surface area (Å²) >= 11 is 0. The predicted molar refractivity (Wildman–Crippen MR) is 111 cm³/mol. The molecule has 2 heterocycles. The molecule has 3 N–H and O–H groups in total. The Morgan fingerprint density at radius 2 is 2.04 bits per heavy atom. The van der Waals surface area contributed by atoms with Gasteiger partial charge in [0.15, 0.2) is 5.76 Å². The molecular formula is C21H25ClN4O2. The van der Waals surface area contributed by atoms with Gasteiger partial charge in [-0.05, 0) is 56.5 Å². The standard InChI is InChI=1S/C21H24N4O2.ClH/c1-14-10-11-19(27-14)20-17(13-25(24-20)16-7-3-2-4-8-16)21(26)23-18-9-5-6-15(18)12-22;/h2-4,7-8,10-11,13,15,18H,5-6,9,12,22H2,1H3,(H,23,26);1H. The number of furan rings is 1. The topological polar surface area (TPSA) is 86.1 Å². The first-order valence-electron chi connectivity index (χ1n) is 9.38. The first-order valence-corrected chi connectivity index (χ1v) is 9.38. The molecule has 6 nitrogen and oxygen atoms in total. The van der Waals surface area contributed by atoms with Crippen molar-refractivity contribution in [2.24, 2.45) is 11.7 Å². The Kier molecular flexibility index (Phi) is 6.21. The highest BCUT2D eigenvalue weighted by Crippen LogP contribution is 2.28. The number of benzene rings is 1. The van der Waals surface area contributed by atoms with Crippen molar-refractivity contribution in [1.82, 2.24) is 15.1 Å². The minimum Gasteiger partial charge on any atom is -0.460 e. The molecular weight excluding hydrogens is 376 g/mol. The Labute approximate surface area is 170 Å². The van der Waals surface area contributed by atoms with Crippen LogP contribution < -0.4 is 11.1 Å². The summed E-state index contributed by atoms with van der Waals surface area (Å²) in [6.07, 6.45) is 4.90. The van der Waals surface area contributed by atoms with E-state index in [2.05, 4.69) is 10.4 Å². The number of hydrogen-bond acceptors (Lipinski definition) is 4. The molecule has 0 aliphatic heterocycles. The molecule has 28 heavy (non-hydrogen) atoms. The van der Waals surface area contributed by atoms with E-state index in [0.717, 1.165) is 30.7 Å². The van der Waals surface area contributed by atoms with E-state index < -0.39 is 0 Å². The fourth-order valence-corrected chi connectivity index (χ4v) is 3.75. The first-order chi connectivity index (χ1) is 13.2. The van der Waals surface area contributed by atoms with Crippen LogP contribution in [0, 0.1) is 12.8 Å². The van der Waals surface area contributed by atoms with Crippen molar-refractivity contribution in [2.75, 3.05) is 6.54 Å². The van der Waals surface area contributed by atoms with Gasteiger partial charge < -0.3 is 15.5 Å². The van der Waals surface area contributed by atoms with Gasteiger partial charge in [-0.1, -0.05) is 24.6 Å². The SMILES string of the molecule is Cc1ccc(-c2nn(-c3ccccc3)cc2C(=O)NC2CCCC2CN)o1.Cl. The molecule has 1 aliphatic carbocycles. The predicted octanol–water partition coefficient (Wildman–Crippen LogP) is 3.72. The van der Waals surface area contributed by atoms with E-state index in [-0.39, 0.29) is 24.4 Å². The van der Waals surface area contributed by atoms with Crippen LogP contribution in [-0.2, 0) is 0 Å². The highest BCUT2D eigenvalue weighted by molar-refractivity contribution is 5.99. The largest absolute Gasteiger partial charge is 0.460 e. The van der Waals surface area contributed by atoms with Gasteiger partial charge in [0.05, 0.1) is 11.3 Å². The van der Waals surface area contributed by atoms with Crippen LogP contribution in [0.25, 0.3) is 17.1 Å². The molecule has 1 saturated carbocycles. The van der Waals surface area contributed by atoms with E-state index >= 15 is 0 Å². The third kappa shape index (κ3) is 3.98. The van der Waals surface area contributed by atoms with E-state index in [0.29, 0.717) is 29.5 Å². The Balaban J connectivity index is 0.00000225. The summed E-state index contributed by atoms with van der Waals surface area (Å²) in [5.41, 5.74) is 7.81. The van der Waals surface area contributed by atoms with E-state index in [9.17, 15) is 4.79 Å². The average molecular weight is 401 g/mol. The molecule has 1 fully saturated rings. The number of halogens is 1. The Hall–Kier alpha value is -2.57. The number of aromatic nitrogens is 2. The fourth-order valence-electron chi connectivity index (χ4n) is 3.75. The molecule has 2 aromatic heterocycles. The summed E-state index contributed by atoms with van der Waals surface area (Å²) in [7, 11) is 0. The molecule has 2 unspecified atom stereocenters. The molecule has 3 aromatic rings. The van der Waals surface area contributed by atoms with Gasteiger partial charge in [0.1, 0.15) is 11.5 Å². The quantitative estimate of drug-likeness (QED) is 0.683. The number of rotatable bonds is 5. The van der Waals surface area contributed by atoms with Crippen molar-refractivity contribution >= 4 is 18.3 Å². The number of amides is 1. The van der Waals surface area contributed by atoms with Gasteiger partial charge in [-0.3, -0.25) is 4.79 Å². The van der Waals surface area contributed by atoms with E-state index in [1.54, 1.807) is 10.9 Å². The van der Waals surface area contributed by atoms with Crippen molar-refractivity contribution < 1.29 is 9.21 Å². The Bertz CT molecular complexity index is 935. The number of carbonyl (C=O) groups is 1. The molecule has 0 radical (unpaired) electrons. The highest BCUT2D eigenvalue weighted by atomic mass is 35.5. The van der Waals surface area contributed by atoms with Gasteiger partial charge in [-0.25, -0.2) is 4.68 Å². The van der Waals surface area contributed by atoms with Gasteiger partial charge >= 0.3 is 0 Å². The number of hydrogen-bond donors (Lipinski definition) is 2. The fraction of sp³-hybridized carbons (Fsp3) is 0.333. The van der Waals surface area contributed by atoms with Crippen molar-refractivity contribution in [3.05, 3.63) is 60.0 Å². The molecule has 0 saturated heterocycles.